The Morgan fingerprint density at radius 3 is 2.70 bits per heavy atom. The quantitative estimate of drug-likeness (QED) is 0.754. The van der Waals surface area contributed by atoms with E-state index < -0.39 is 0 Å². The fourth-order valence-corrected chi connectivity index (χ4v) is 1.93. The van der Waals surface area contributed by atoms with Gasteiger partial charge in [-0.1, -0.05) is 0 Å². The van der Waals surface area contributed by atoms with Crippen LogP contribution >= 0.6 is 12.4 Å². The molecule has 0 fully saturated rings. The topological polar surface area (TPSA) is 68.2 Å². The maximum absolute atomic E-state index is 13.0. The second-order valence-corrected chi connectivity index (χ2v) is 4.78. The highest BCUT2D eigenvalue weighted by molar-refractivity contribution is 5.91. The number of halogens is 2. The molecule has 8 heteroatoms. The van der Waals surface area contributed by atoms with Gasteiger partial charge in [-0.15, -0.1) is 12.4 Å². The highest BCUT2D eigenvalue weighted by Crippen LogP contribution is 2.17. The van der Waals surface area contributed by atoms with Crippen LogP contribution in [0.3, 0.4) is 0 Å². The summed E-state index contributed by atoms with van der Waals surface area (Å²) in [5, 5.41) is 10.1. The van der Waals surface area contributed by atoms with E-state index >= 15 is 0 Å². The van der Waals surface area contributed by atoms with Gasteiger partial charge in [0.1, 0.15) is 11.6 Å². The van der Waals surface area contributed by atoms with Gasteiger partial charge in [-0.05, 0) is 31.2 Å². The highest BCUT2D eigenvalue weighted by atomic mass is 35.5. The lowest BCUT2D eigenvalue weighted by atomic mass is 10.3. The number of nitrogens with zero attached hydrogens (tertiary/aromatic N) is 2. The van der Waals surface area contributed by atoms with Crippen molar-refractivity contribution in [3.05, 3.63) is 41.8 Å². The number of methoxy groups -OCH3 is 1. The van der Waals surface area contributed by atoms with Gasteiger partial charge in [-0.2, -0.15) is 5.10 Å². The first kappa shape index (κ1) is 19.1. The fraction of sp³-hybridized carbons (Fsp3) is 0.333. The summed E-state index contributed by atoms with van der Waals surface area (Å²) < 4.78 is 19.5. The van der Waals surface area contributed by atoms with Crippen molar-refractivity contribution in [2.75, 3.05) is 32.1 Å². The molecule has 0 radical (unpaired) electrons. The lowest BCUT2D eigenvalue weighted by molar-refractivity contribution is -0.115. The first-order chi connectivity index (χ1) is 10.6. The number of hydrogen-bond donors (Lipinski definition) is 2. The van der Waals surface area contributed by atoms with E-state index in [-0.39, 0.29) is 30.7 Å². The molecule has 6 nitrogen and oxygen atoms in total. The molecule has 0 spiro atoms. The van der Waals surface area contributed by atoms with Gasteiger partial charge < -0.3 is 15.4 Å². The Balaban J connectivity index is 0.00000264. The van der Waals surface area contributed by atoms with E-state index in [1.165, 1.54) is 12.1 Å². The van der Waals surface area contributed by atoms with Crippen LogP contribution in [0.25, 0.3) is 5.69 Å². The van der Waals surface area contributed by atoms with E-state index in [1.807, 2.05) is 6.92 Å². The molecule has 0 saturated carbocycles. The van der Waals surface area contributed by atoms with Crippen molar-refractivity contribution in [2.24, 2.45) is 0 Å². The third-order valence-electron chi connectivity index (χ3n) is 2.94. The second kappa shape index (κ2) is 9.24. The lowest BCUT2D eigenvalue weighted by Gasteiger charge is -2.09. The van der Waals surface area contributed by atoms with Crippen LogP contribution in [0.4, 0.5) is 10.2 Å². The van der Waals surface area contributed by atoms with Gasteiger partial charge in [-0.25, -0.2) is 9.07 Å². The monoisotopic (exact) mass is 342 g/mol. The lowest BCUT2D eigenvalue weighted by Crippen LogP contribution is -2.30. The fourth-order valence-electron chi connectivity index (χ4n) is 1.93. The number of anilines is 1. The summed E-state index contributed by atoms with van der Waals surface area (Å²) in [4.78, 5) is 11.9. The number of amides is 1. The average Bonchev–Trinajstić information content (AvgIpc) is 2.85. The van der Waals surface area contributed by atoms with Gasteiger partial charge in [0.15, 0.2) is 0 Å². The minimum absolute atomic E-state index is 0. The Labute approximate surface area is 140 Å². The number of rotatable bonds is 7. The van der Waals surface area contributed by atoms with Gasteiger partial charge in [0, 0.05) is 19.7 Å². The maximum atomic E-state index is 13.0. The van der Waals surface area contributed by atoms with Gasteiger partial charge in [0.2, 0.25) is 5.91 Å². The molecule has 0 bridgehead atoms. The molecule has 1 aromatic carbocycles. The summed E-state index contributed by atoms with van der Waals surface area (Å²) in [5.74, 6) is 0.0440. The molecule has 0 aliphatic rings. The van der Waals surface area contributed by atoms with Crippen LogP contribution in [0.5, 0.6) is 0 Å². The number of aromatic nitrogens is 2. The van der Waals surface area contributed by atoms with Crippen molar-refractivity contribution in [2.45, 2.75) is 6.92 Å². The third kappa shape index (κ3) is 5.63. The summed E-state index contributed by atoms with van der Waals surface area (Å²) in [5.41, 5.74) is 1.43. The van der Waals surface area contributed by atoms with E-state index in [1.54, 1.807) is 30.0 Å². The molecule has 126 valence electrons. The van der Waals surface area contributed by atoms with Gasteiger partial charge in [0.25, 0.3) is 0 Å². The van der Waals surface area contributed by atoms with E-state index in [9.17, 15) is 9.18 Å². The summed E-state index contributed by atoms with van der Waals surface area (Å²) in [6.07, 6.45) is 0. The molecule has 1 amide bonds. The number of aryl methyl sites for hydroxylation is 1. The van der Waals surface area contributed by atoms with Crippen LogP contribution in [-0.2, 0) is 9.53 Å². The zero-order valence-corrected chi connectivity index (χ0v) is 13.8. The molecule has 23 heavy (non-hydrogen) atoms. The van der Waals surface area contributed by atoms with Crippen molar-refractivity contribution in [1.82, 2.24) is 15.1 Å². The maximum Gasteiger partial charge on any atom is 0.239 e. The van der Waals surface area contributed by atoms with Gasteiger partial charge in [0.05, 0.1) is 24.5 Å². The number of carbonyl (C=O) groups is 1. The van der Waals surface area contributed by atoms with Crippen molar-refractivity contribution < 1.29 is 13.9 Å². The summed E-state index contributed by atoms with van der Waals surface area (Å²) >= 11 is 0. The molecule has 0 aliphatic carbocycles. The van der Waals surface area contributed by atoms with Gasteiger partial charge in [-0.3, -0.25) is 4.79 Å². The summed E-state index contributed by atoms with van der Waals surface area (Å²) in [6, 6.07) is 7.67. The molecule has 2 rings (SSSR count). The van der Waals surface area contributed by atoms with Crippen molar-refractivity contribution >= 4 is 24.1 Å². The molecule has 1 heterocycles. The molecule has 2 N–H and O–H groups in total. The SMILES string of the molecule is COCCNCC(=O)Nc1cc(C)nn1-c1ccc(F)cc1.Cl. The predicted molar refractivity (Wildman–Crippen MR) is 88.9 cm³/mol. The van der Waals surface area contributed by atoms with E-state index in [0.29, 0.717) is 24.7 Å². The standard InChI is InChI=1S/C15H19FN4O2.ClH/c1-11-9-14(18-15(21)10-17-7-8-22-2)20(19-11)13-5-3-12(16)4-6-13;/h3-6,9,17H,7-8,10H2,1-2H3,(H,18,21);1H. The van der Waals surface area contributed by atoms with Crippen LogP contribution in [-0.4, -0.2) is 42.5 Å². The Bertz CT molecular complexity index is 631. The molecule has 2 aromatic rings. The molecule has 0 unspecified atom stereocenters. The molecular weight excluding hydrogens is 323 g/mol. The zero-order chi connectivity index (χ0) is 15.9. The Kier molecular flexibility index (Phi) is 7.67. The molecule has 1 aromatic heterocycles. The van der Waals surface area contributed by atoms with Crippen LogP contribution in [0.1, 0.15) is 5.69 Å². The Morgan fingerprint density at radius 2 is 2.04 bits per heavy atom. The van der Waals surface area contributed by atoms with Crippen molar-refractivity contribution in [3.8, 4) is 5.69 Å². The van der Waals surface area contributed by atoms with E-state index in [2.05, 4.69) is 15.7 Å². The minimum atomic E-state index is -0.319. The number of nitrogens with one attached hydrogen (secondary N) is 2. The number of carbonyl (C=O) groups excluding carboxylic acids is 1. The first-order valence-corrected chi connectivity index (χ1v) is 6.92. The van der Waals surface area contributed by atoms with E-state index in [0.717, 1.165) is 5.69 Å². The number of hydrogen-bond acceptors (Lipinski definition) is 4. The van der Waals surface area contributed by atoms with Crippen LogP contribution in [0, 0.1) is 12.7 Å². The summed E-state index contributed by atoms with van der Waals surface area (Å²) in [7, 11) is 1.60. The summed E-state index contributed by atoms with van der Waals surface area (Å²) in [6.45, 7) is 3.14. The van der Waals surface area contributed by atoms with Crippen molar-refractivity contribution in [3.63, 3.8) is 0 Å². The second-order valence-electron chi connectivity index (χ2n) is 4.78. The Morgan fingerprint density at radius 1 is 1.35 bits per heavy atom. The minimum Gasteiger partial charge on any atom is -0.383 e. The van der Waals surface area contributed by atoms with Crippen LogP contribution < -0.4 is 10.6 Å². The van der Waals surface area contributed by atoms with Crippen LogP contribution in [0.2, 0.25) is 0 Å². The highest BCUT2D eigenvalue weighted by Gasteiger charge is 2.10. The van der Waals surface area contributed by atoms with Crippen LogP contribution in [0.15, 0.2) is 30.3 Å². The first-order valence-electron chi connectivity index (χ1n) is 6.92. The average molecular weight is 343 g/mol. The normalized spacial score (nSPS) is 10.2. The Hall–Kier alpha value is -1.96. The van der Waals surface area contributed by atoms with Crippen molar-refractivity contribution in [1.29, 1.82) is 0 Å². The smallest absolute Gasteiger partial charge is 0.239 e. The number of benzene rings is 1. The molecule has 0 aliphatic heterocycles. The third-order valence-corrected chi connectivity index (χ3v) is 2.94. The van der Waals surface area contributed by atoms with E-state index in [4.69, 9.17) is 4.74 Å². The zero-order valence-electron chi connectivity index (χ0n) is 13.0. The molecule has 0 atom stereocenters. The largest absolute Gasteiger partial charge is 0.383 e. The number of ether oxygens (including phenoxy) is 1. The van der Waals surface area contributed by atoms with Gasteiger partial charge >= 0.3 is 0 Å². The molecular formula is C15H20ClFN4O2. The molecule has 0 saturated heterocycles. The predicted octanol–water partition coefficient (Wildman–Crippen LogP) is 1.92.